The maximum absolute atomic E-state index is 8.19. The third-order valence-corrected chi connectivity index (χ3v) is 0.583. The summed E-state index contributed by atoms with van der Waals surface area (Å²) in [6.45, 7) is 1.84. The summed E-state index contributed by atoms with van der Waals surface area (Å²) in [4.78, 5) is 0. The van der Waals surface area contributed by atoms with Gasteiger partial charge < -0.3 is 10.2 Å². The molecule has 2 heteroatoms. The van der Waals surface area contributed by atoms with Crippen LogP contribution in [0, 0.1) is 0 Å². The molecule has 0 unspecified atom stereocenters. The Morgan fingerprint density at radius 3 is 2.29 bits per heavy atom. The van der Waals surface area contributed by atoms with Crippen molar-refractivity contribution >= 4 is 0 Å². The van der Waals surface area contributed by atoms with Crippen molar-refractivity contribution in [2.75, 3.05) is 0 Å². The molecule has 42 valence electrons. The van der Waals surface area contributed by atoms with E-state index in [4.69, 9.17) is 10.2 Å². The van der Waals surface area contributed by atoms with E-state index in [1.807, 2.05) is 6.92 Å². The monoisotopic (exact) mass is 102 g/mol. The van der Waals surface area contributed by atoms with Gasteiger partial charge in [0.1, 0.15) is 0 Å². The van der Waals surface area contributed by atoms with Gasteiger partial charge in [-0.1, -0.05) is 12.2 Å². The Hall–Kier alpha value is -0.340. The quantitative estimate of drug-likeness (QED) is 0.388. The van der Waals surface area contributed by atoms with E-state index in [-0.39, 0.29) is 0 Å². The number of hydrogen-bond donors (Lipinski definition) is 2. The van der Waals surface area contributed by atoms with Gasteiger partial charge in [-0.05, 0) is 6.92 Å². The second kappa shape index (κ2) is 3.84. The van der Waals surface area contributed by atoms with Crippen LogP contribution in [0.15, 0.2) is 12.2 Å². The summed E-state index contributed by atoms with van der Waals surface area (Å²) in [7, 11) is 0. The molecular formula is C5H10O2. The fraction of sp³-hybridized carbons (Fsp3) is 0.600. The van der Waals surface area contributed by atoms with Crippen LogP contribution in [-0.4, -0.2) is 16.5 Å². The van der Waals surface area contributed by atoms with Crippen LogP contribution in [0.3, 0.4) is 0 Å². The topological polar surface area (TPSA) is 40.5 Å². The van der Waals surface area contributed by atoms with E-state index < -0.39 is 6.29 Å². The lowest BCUT2D eigenvalue weighted by Gasteiger charge is -1.92. The molecule has 0 rings (SSSR count). The summed E-state index contributed by atoms with van der Waals surface area (Å²) in [5.41, 5.74) is 0. The highest BCUT2D eigenvalue weighted by molar-refractivity contribution is 4.76. The van der Waals surface area contributed by atoms with Gasteiger partial charge in [-0.3, -0.25) is 0 Å². The molecule has 0 aromatic carbocycles. The first kappa shape index (κ1) is 6.66. The summed E-state index contributed by atoms with van der Waals surface area (Å²) in [5, 5.41) is 16.4. The molecule has 0 heterocycles. The first-order valence-electron chi connectivity index (χ1n) is 2.24. The van der Waals surface area contributed by atoms with E-state index in [9.17, 15) is 0 Å². The summed E-state index contributed by atoms with van der Waals surface area (Å²) < 4.78 is 0. The molecule has 0 aromatic rings. The Morgan fingerprint density at radius 1 is 1.57 bits per heavy atom. The smallest absolute Gasteiger partial charge is 0.154 e. The van der Waals surface area contributed by atoms with Gasteiger partial charge in [0, 0.05) is 6.42 Å². The molecule has 0 saturated heterocycles. The first-order valence-corrected chi connectivity index (χ1v) is 2.24. The van der Waals surface area contributed by atoms with E-state index in [2.05, 4.69) is 0 Å². The Kier molecular flexibility index (Phi) is 3.65. The molecule has 0 spiro atoms. The fourth-order valence-corrected chi connectivity index (χ4v) is 0.258. The van der Waals surface area contributed by atoms with Gasteiger partial charge in [0.05, 0.1) is 0 Å². The third kappa shape index (κ3) is 5.66. The molecule has 0 aliphatic rings. The highest BCUT2D eigenvalue weighted by atomic mass is 16.5. The molecule has 2 nitrogen and oxygen atoms in total. The first-order chi connectivity index (χ1) is 3.27. The second-order valence-electron chi connectivity index (χ2n) is 1.29. The normalized spacial score (nSPS) is 11.4. The van der Waals surface area contributed by atoms with Gasteiger partial charge >= 0.3 is 0 Å². The molecule has 0 fully saturated rings. The highest BCUT2D eigenvalue weighted by Crippen LogP contribution is 1.85. The van der Waals surface area contributed by atoms with E-state index >= 15 is 0 Å². The number of rotatable bonds is 2. The minimum atomic E-state index is -1.18. The fourth-order valence-electron chi connectivity index (χ4n) is 0.258. The molecule has 0 aromatic heterocycles. The van der Waals surface area contributed by atoms with Gasteiger partial charge in [0.15, 0.2) is 6.29 Å². The van der Waals surface area contributed by atoms with Crippen LogP contribution in [0.4, 0.5) is 0 Å². The minimum Gasteiger partial charge on any atom is -0.368 e. The van der Waals surface area contributed by atoms with Crippen LogP contribution in [-0.2, 0) is 0 Å². The number of aliphatic hydroxyl groups excluding tert-OH is 1. The Morgan fingerprint density at radius 2 is 2.14 bits per heavy atom. The van der Waals surface area contributed by atoms with Crippen LogP contribution in [0.5, 0.6) is 0 Å². The van der Waals surface area contributed by atoms with Crippen LogP contribution in [0.25, 0.3) is 0 Å². The molecule has 7 heavy (non-hydrogen) atoms. The van der Waals surface area contributed by atoms with Gasteiger partial charge in [-0.2, -0.15) is 0 Å². The van der Waals surface area contributed by atoms with Gasteiger partial charge in [-0.15, -0.1) is 0 Å². The summed E-state index contributed by atoms with van der Waals surface area (Å²) >= 11 is 0. The lowest BCUT2D eigenvalue weighted by Crippen LogP contribution is -2.00. The molecular weight excluding hydrogens is 92.1 g/mol. The number of allylic oxidation sites excluding steroid dienone is 1. The van der Waals surface area contributed by atoms with Crippen molar-refractivity contribution in [3.8, 4) is 0 Å². The second-order valence-corrected chi connectivity index (χ2v) is 1.29. The molecule has 0 aliphatic carbocycles. The van der Waals surface area contributed by atoms with Crippen LogP contribution < -0.4 is 0 Å². The van der Waals surface area contributed by atoms with Crippen LogP contribution in [0.2, 0.25) is 0 Å². The lowest BCUT2D eigenvalue weighted by atomic mass is 10.4. The molecule has 2 N–H and O–H groups in total. The van der Waals surface area contributed by atoms with Gasteiger partial charge in [0.2, 0.25) is 0 Å². The highest BCUT2D eigenvalue weighted by Gasteiger charge is 1.87. The Balaban J connectivity index is 2.97. The summed E-state index contributed by atoms with van der Waals surface area (Å²) in [6.07, 6.45) is 2.62. The zero-order valence-electron chi connectivity index (χ0n) is 4.33. The van der Waals surface area contributed by atoms with Gasteiger partial charge in [-0.25, -0.2) is 0 Å². The molecule has 0 bridgehead atoms. The standard InChI is InChI=1S/C5H10O2/c1-2-3-4-5(6)7/h2-3,5-7H,4H2,1H3. The summed E-state index contributed by atoms with van der Waals surface area (Å²) in [6, 6.07) is 0. The summed E-state index contributed by atoms with van der Waals surface area (Å²) in [5.74, 6) is 0. The van der Waals surface area contributed by atoms with Crippen molar-refractivity contribution in [1.29, 1.82) is 0 Å². The molecule has 0 radical (unpaired) electrons. The average molecular weight is 102 g/mol. The van der Waals surface area contributed by atoms with E-state index in [1.54, 1.807) is 12.2 Å². The number of hydrogen-bond acceptors (Lipinski definition) is 2. The molecule has 0 saturated carbocycles. The zero-order valence-corrected chi connectivity index (χ0v) is 4.33. The van der Waals surface area contributed by atoms with E-state index in [0.29, 0.717) is 6.42 Å². The van der Waals surface area contributed by atoms with Crippen molar-refractivity contribution in [3.63, 3.8) is 0 Å². The van der Waals surface area contributed by atoms with Crippen molar-refractivity contribution in [2.45, 2.75) is 19.6 Å². The number of aliphatic hydroxyl groups is 2. The van der Waals surface area contributed by atoms with Crippen molar-refractivity contribution in [3.05, 3.63) is 12.2 Å². The van der Waals surface area contributed by atoms with Crippen molar-refractivity contribution < 1.29 is 10.2 Å². The van der Waals surface area contributed by atoms with E-state index in [0.717, 1.165) is 0 Å². The Labute approximate surface area is 43.1 Å². The minimum absolute atomic E-state index is 0.330. The van der Waals surface area contributed by atoms with E-state index in [1.165, 1.54) is 0 Å². The molecule has 0 amide bonds. The predicted octanol–water partition coefficient (Wildman–Crippen LogP) is 0.263. The Bertz CT molecular complexity index is 57.1. The van der Waals surface area contributed by atoms with Gasteiger partial charge in [0.25, 0.3) is 0 Å². The van der Waals surface area contributed by atoms with Crippen molar-refractivity contribution in [2.24, 2.45) is 0 Å². The average Bonchev–Trinajstić information content (AvgIpc) is 1.61. The third-order valence-electron chi connectivity index (χ3n) is 0.583. The van der Waals surface area contributed by atoms with Crippen LogP contribution in [0.1, 0.15) is 13.3 Å². The van der Waals surface area contributed by atoms with Crippen molar-refractivity contribution in [1.82, 2.24) is 0 Å². The molecule has 0 aliphatic heterocycles. The van der Waals surface area contributed by atoms with Crippen LogP contribution >= 0.6 is 0 Å². The zero-order chi connectivity index (χ0) is 5.70. The maximum Gasteiger partial charge on any atom is 0.154 e. The maximum atomic E-state index is 8.19. The predicted molar refractivity (Wildman–Crippen MR) is 27.7 cm³/mol. The largest absolute Gasteiger partial charge is 0.368 e. The SMILES string of the molecule is CC=CCC(O)O. The molecule has 0 atom stereocenters. The lowest BCUT2D eigenvalue weighted by molar-refractivity contribution is -0.0361.